The Morgan fingerprint density at radius 2 is 1.72 bits per heavy atom. The fraction of sp³-hybridized carbons (Fsp3) is 0.0909. The molecular weight excluding hydrogens is 388 g/mol. The van der Waals surface area contributed by atoms with E-state index in [-0.39, 0.29) is 28.5 Å². The number of ketones is 2. The Morgan fingerprint density at radius 3 is 2.41 bits per heavy atom. The molecule has 6 nitrogen and oxygen atoms in total. The summed E-state index contributed by atoms with van der Waals surface area (Å²) >= 11 is 1.18. The summed E-state index contributed by atoms with van der Waals surface area (Å²) in [6.07, 6.45) is 1.26. The van der Waals surface area contributed by atoms with Crippen LogP contribution in [0.2, 0.25) is 0 Å². The van der Waals surface area contributed by atoms with Crippen molar-refractivity contribution in [3.63, 3.8) is 0 Å². The van der Waals surface area contributed by atoms with Crippen molar-refractivity contribution in [1.82, 2.24) is 10.2 Å². The van der Waals surface area contributed by atoms with E-state index in [4.69, 9.17) is 4.74 Å². The molecule has 1 aromatic heterocycles. The van der Waals surface area contributed by atoms with E-state index in [1.165, 1.54) is 17.8 Å². The molecule has 1 heterocycles. The molecule has 0 fully saturated rings. The number of ether oxygens (including phenoxy) is 1. The van der Waals surface area contributed by atoms with Gasteiger partial charge in [-0.1, -0.05) is 54.2 Å². The van der Waals surface area contributed by atoms with E-state index < -0.39 is 17.5 Å². The minimum Gasteiger partial charge on any atom is -0.461 e. The van der Waals surface area contributed by atoms with E-state index in [0.717, 1.165) is 16.0 Å². The molecule has 0 unspecified atom stereocenters. The van der Waals surface area contributed by atoms with Gasteiger partial charge in [-0.2, -0.15) is 5.10 Å². The molecule has 1 N–H and O–H groups in total. The van der Waals surface area contributed by atoms with Crippen LogP contribution in [0, 0.1) is 0 Å². The van der Waals surface area contributed by atoms with Crippen molar-refractivity contribution >= 4 is 29.3 Å². The van der Waals surface area contributed by atoms with Gasteiger partial charge in [0.1, 0.15) is 5.69 Å². The van der Waals surface area contributed by atoms with Gasteiger partial charge in [0.05, 0.1) is 17.1 Å². The van der Waals surface area contributed by atoms with Crippen LogP contribution < -0.4 is 0 Å². The fourth-order valence-electron chi connectivity index (χ4n) is 3.02. The zero-order chi connectivity index (χ0) is 20.4. The van der Waals surface area contributed by atoms with Crippen molar-refractivity contribution in [3.8, 4) is 11.1 Å². The summed E-state index contributed by atoms with van der Waals surface area (Å²) in [5.41, 5.74) is 1.97. The normalized spacial score (nSPS) is 13.1. The van der Waals surface area contributed by atoms with Gasteiger partial charge < -0.3 is 4.74 Å². The topological polar surface area (TPSA) is 89.1 Å². The third-order valence-electron chi connectivity index (χ3n) is 4.38. The maximum absolute atomic E-state index is 12.9. The van der Waals surface area contributed by atoms with Crippen LogP contribution in [0.3, 0.4) is 0 Å². The molecule has 7 heteroatoms. The number of rotatable bonds is 5. The molecule has 144 valence electrons. The lowest BCUT2D eigenvalue weighted by atomic mass is 9.99. The maximum Gasteiger partial charge on any atom is 0.357 e. The Morgan fingerprint density at radius 1 is 1.03 bits per heavy atom. The third kappa shape index (κ3) is 3.64. The molecule has 0 spiro atoms. The van der Waals surface area contributed by atoms with Gasteiger partial charge in [0, 0.05) is 11.0 Å². The number of Topliss-reactive ketones (excluding diaryl/α,β-unsaturated/α-hetero) is 1. The van der Waals surface area contributed by atoms with Gasteiger partial charge in [0.2, 0.25) is 11.6 Å². The minimum absolute atomic E-state index is 0.0284. The van der Waals surface area contributed by atoms with E-state index in [2.05, 4.69) is 10.2 Å². The molecule has 0 aliphatic heterocycles. The number of carbonyl (C=O) groups is 3. The molecule has 2 aromatic carbocycles. The SMILES string of the molecule is CCOC(=O)c1[nH]nc2c1C(=O)C(Sc1ccc(-c3ccccc3)cc1)=CC2=O. The lowest BCUT2D eigenvalue weighted by Crippen LogP contribution is -2.18. The number of carbonyl (C=O) groups excluding carboxylic acids is 3. The van der Waals surface area contributed by atoms with Crippen molar-refractivity contribution in [3.05, 3.63) is 82.5 Å². The van der Waals surface area contributed by atoms with E-state index in [1.54, 1.807) is 6.92 Å². The Kier molecular flexibility index (Phi) is 5.14. The van der Waals surface area contributed by atoms with Crippen molar-refractivity contribution < 1.29 is 19.1 Å². The van der Waals surface area contributed by atoms with Crippen LogP contribution in [0.4, 0.5) is 0 Å². The van der Waals surface area contributed by atoms with Gasteiger partial charge in [0.15, 0.2) is 5.69 Å². The van der Waals surface area contributed by atoms with Gasteiger partial charge in [-0.3, -0.25) is 14.7 Å². The monoisotopic (exact) mass is 404 g/mol. The number of H-pyrrole nitrogens is 1. The zero-order valence-corrected chi connectivity index (χ0v) is 16.3. The summed E-state index contributed by atoms with van der Waals surface area (Å²) in [5.74, 6) is -1.55. The highest BCUT2D eigenvalue weighted by Crippen LogP contribution is 2.35. The van der Waals surface area contributed by atoms with Gasteiger partial charge >= 0.3 is 5.97 Å². The first kappa shape index (κ1) is 18.9. The zero-order valence-electron chi connectivity index (χ0n) is 15.5. The first-order valence-electron chi connectivity index (χ1n) is 8.98. The van der Waals surface area contributed by atoms with Gasteiger partial charge in [-0.25, -0.2) is 4.79 Å². The number of nitrogens with one attached hydrogen (secondary N) is 1. The van der Waals surface area contributed by atoms with Crippen LogP contribution >= 0.6 is 11.8 Å². The molecule has 0 radical (unpaired) electrons. The van der Waals surface area contributed by atoms with Gasteiger partial charge in [0.25, 0.3) is 0 Å². The number of aromatic amines is 1. The first-order valence-corrected chi connectivity index (χ1v) is 9.79. The second kappa shape index (κ2) is 7.89. The minimum atomic E-state index is -0.708. The Hall–Kier alpha value is -3.45. The molecule has 1 aliphatic rings. The largest absolute Gasteiger partial charge is 0.461 e. The molecule has 29 heavy (non-hydrogen) atoms. The lowest BCUT2D eigenvalue weighted by Gasteiger charge is -2.12. The van der Waals surface area contributed by atoms with Crippen molar-refractivity contribution in [2.45, 2.75) is 11.8 Å². The van der Waals surface area contributed by atoms with Gasteiger partial charge in [-0.15, -0.1) is 0 Å². The fourth-order valence-corrected chi connectivity index (χ4v) is 3.90. The number of fused-ring (bicyclic) bond motifs is 1. The van der Waals surface area contributed by atoms with Crippen molar-refractivity contribution in [2.24, 2.45) is 0 Å². The highest BCUT2D eigenvalue weighted by Gasteiger charge is 2.34. The number of esters is 1. The molecule has 0 bridgehead atoms. The summed E-state index contributed by atoms with van der Waals surface area (Å²) in [6.45, 7) is 1.81. The van der Waals surface area contributed by atoms with E-state index in [1.807, 2.05) is 54.6 Å². The van der Waals surface area contributed by atoms with Crippen LogP contribution in [0.25, 0.3) is 11.1 Å². The Labute approximate surface area is 171 Å². The first-order chi connectivity index (χ1) is 14.1. The van der Waals surface area contributed by atoms with E-state index >= 15 is 0 Å². The second-order valence-electron chi connectivity index (χ2n) is 6.24. The predicted molar refractivity (Wildman–Crippen MR) is 109 cm³/mol. The molecule has 0 saturated carbocycles. The quantitative estimate of drug-likeness (QED) is 0.638. The molecule has 0 saturated heterocycles. The number of aromatic nitrogens is 2. The molecule has 0 atom stereocenters. The van der Waals surface area contributed by atoms with Crippen molar-refractivity contribution in [1.29, 1.82) is 0 Å². The molecule has 3 aromatic rings. The Bertz CT molecular complexity index is 1130. The number of allylic oxidation sites excluding steroid dienone is 2. The van der Waals surface area contributed by atoms with Gasteiger partial charge in [-0.05, 0) is 30.2 Å². The molecule has 0 amide bonds. The van der Waals surface area contributed by atoms with Crippen molar-refractivity contribution in [2.75, 3.05) is 6.61 Å². The summed E-state index contributed by atoms with van der Waals surface area (Å²) < 4.78 is 4.94. The summed E-state index contributed by atoms with van der Waals surface area (Å²) in [5, 5.41) is 6.29. The number of hydrogen-bond donors (Lipinski definition) is 1. The van der Waals surface area contributed by atoms with Crippen LogP contribution in [0.1, 0.15) is 38.3 Å². The number of nitrogens with zero attached hydrogens (tertiary/aromatic N) is 1. The number of hydrogen-bond acceptors (Lipinski definition) is 6. The van der Waals surface area contributed by atoms with Crippen LogP contribution in [0.15, 0.2) is 70.5 Å². The van der Waals surface area contributed by atoms with Crippen LogP contribution in [-0.4, -0.2) is 34.3 Å². The van der Waals surface area contributed by atoms with E-state index in [9.17, 15) is 14.4 Å². The highest BCUT2D eigenvalue weighted by molar-refractivity contribution is 8.04. The maximum atomic E-state index is 12.9. The average molecular weight is 404 g/mol. The predicted octanol–water partition coefficient (Wildman–Crippen LogP) is 4.31. The second-order valence-corrected chi connectivity index (χ2v) is 7.35. The van der Waals surface area contributed by atoms with Crippen LogP contribution in [0.5, 0.6) is 0 Å². The third-order valence-corrected chi connectivity index (χ3v) is 5.41. The summed E-state index contributed by atoms with van der Waals surface area (Å²) in [4.78, 5) is 38.5. The van der Waals surface area contributed by atoms with E-state index in [0.29, 0.717) is 0 Å². The molecule has 4 rings (SSSR count). The summed E-state index contributed by atoms with van der Waals surface area (Å²) in [6, 6.07) is 17.6. The molecule has 1 aliphatic carbocycles. The average Bonchev–Trinajstić information content (AvgIpc) is 3.19. The number of benzene rings is 2. The number of thioether (sulfide) groups is 1. The smallest absolute Gasteiger partial charge is 0.357 e. The lowest BCUT2D eigenvalue weighted by molar-refractivity contribution is 0.0516. The Balaban J connectivity index is 1.59. The standard InChI is InChI=1S/C22H16N2O4S/c1-2-28-22(27)20-18-19(23-24-20)16(25)12-17(21(18)26)29-15-10-8-14(9-11-15)13-6-4-3-5-7-13/h3-12H,2H2,1H3,(H,23,24). The molecular formula is C22H16N2O4S. The summed E-state index contributed by atoms with van der Waals surface area (Å²) in [7, 11) is 0. The highest BCUT2D eigenvalue weighted by atomic mass is 32.2. The van der Waals surface area contributed by atoms with Crippen LogP contribution in [-0.2, 0) is 4.74 Å².